The van der Waals surface area contributed by atoms with E-state index in [2.05, 4.69) is 10.6 Å². The Kier molecular flexibility index (Phi) is 7.28. The molecule has 2 atom stereocenters. The van der Waals surface area contributed by atoms with E-state index in [0.29, 0.717) is 42.8 Å². The number of carbonyl (C=O) groups is 2. The minimum absolute atomic E-state index is 0.0270. The highest BCUT2D eigenvalue weighted by atomic mass is 32.2. The van der Waals surface area contributed by atoms with E-state index in [1.54, 1.807) is 13.0 Å². The van der Waals surface area contributed by atoms with Crippen LogP contribution in [0.2, 0.25) is 0 Å². The molecular formula is C24H35N3O5S. The van der Waals surface area contributed by atoms with E-state index in [4.69, 9.17) is 4.74 Å². The van der Waals surface area contributed by atoms with Crippen LogP contribution in [0.4, 0.5) is 5.69 Å². The summed E-state index contributed by atoms with van der Waals surface area (Å²) in [6, 6.07) is 3.36. The van der Waals surface area contributed by atoms with Gasteiger partial charge in [-0.1, -0.05) is 32.6 Å². The molecule has 2 N–H and O–H groups in total. The lowest BCUT2D eigenvalue weighted by Gasteiger charge is -2.33. The van der Waals surface area contributed by atoms with Gasteiger partial charge < -0.3 is 15.4 Å². The summed E-state index contributed by atoms with van der Waals surface area (Å²) in [6.07, 6.45) is 7.91. The zero-order chi connectivity index (χ0) is 23.6. The summed E-state index contributed by atoms with van der Waals surface area (Å²) in [5, 5.41) is 5.99. The van der Waals surface area contributed by atoms with Crippen molar-refractivity contribution in [3.63, 3.8) is 0 Å². The monoisotopic (exact) mass is 477 g/mol. The maximum atomic E-state index is 13.6. The molecule has 0 aromatic heterocycles. The molecule has 2 amide bonds. The number of ether oxygens (including phenoxy) is 1. The number of nitrogens with one attached hydrogen (secondary N) is 2. The second kappa shape index (κ2) is 10.0. The second-order valence-corrected chi connectivity index (χ2v) is 11.4. The van der Waals surface area contributed by atoms with Crippen molar-refractivity contribution in [3.8, 4) is 5.75 Å². The standard InChI is InChI=1S/C24H35N3O5S/c1-3-20-24(29)26-19-13-16(2)22(14-21(19)32-20)33(30,31)27-12-8-9-17(15-27)23(28)25-18-10-6-4-5-7-11-18/h13-14,17-18,20H,3-12,15H2,1-2H3,(H,25,28)(H,26,29)/t17-,20+/m1/s1. The number of sulfonamides is 1. The summed E-state index contributed by atoms with van der Waals surface area (Å²) >= 11 is 0. The van der Waals surface area contributed by atoms with Crippen LogP contribution >= 0.6 is 0 Å². The molecule has 1 saturated heterocycles. The van der Waals surface area contributed by atoms with E-state index in [1.165, 1.54) is 23.2 Å². The number of nitrogens with zero attached hydrogens (tertiary/aromatic N) is 1. The molecule has 33 heavy (non-hydrogen) atoms. The average Bonchev–Trinajstić information content (AvgIpc) is 3.07. The van der Waals surface area contributed by atoms with E-state index in [-0.39, 0.29) is 35.2 Å². The van der Waals surface area contributed by atoms with Crippen LogP contribution in [0.3, 0.4) is 0 Å². The zero-order valence-corrected chi connectivity index (χ0v) is 20.4. The van der Waals surface area contributed by atoms with Gasteiger partial charge in [0.25, 0.3) is 5.91 Å². The van der Waals surface area contributed by atoms with Gasteiger partial charge in [0, 0.05) is 25.2 Å². The fraction of sp³-hybridized carbons (Fsp3) is 0.667. The van der Waals surface area contributed by atoms with Crippen molar-refractivity contribution < 1.29 is 22.7 Å². The Bertz CT molecular complexity index is 1000. The smallest absolute Gasteiger partial charge is 0.265 e. The largest absolute Gasteiger partial charge is 0.478 e. The molecule has 1 aliphatic carbocycles. The van der Waals surface area contributed by atoms with Crippen LogP contribution in [-0.4, -0.2) is 49.8 Å². The Hall–Kier alpha value is -2.13. The Morgan fingerprint density at radius 3 is 2.58 bits per heavy atom. The third-order valence-electron chi connectivity index (χ3n) is 7.04. The van der Waals surface area contributed by atoms with Gasteiger partial charge in [-0.25, -0.2) is 8.42 Å². The van der Waals surface area contributed by atoms with E-state index < -0.39 is 16.1 Å². The van der Waals surface area contributed by atoms with Crippen molar-refractivity contribution in [2.45, 2.75) is 88.7 Å². The molecule has 1 aromatic carbocycles. The first-order chi connectivity index (χ1) is 15.8. The number of anilines is 1. The fourth-order valence-electron chi connectivity index (χ4n) is 5.09. The Balaban J connectivity index is 1.50. The minimum atomic E-state index is -3.81. The lowest BCUT2D eigenvalue weighted by molar-refractivity contribution is -0.127. The third-order valence-corrected chi connectivity index (χ3v) is 9.05. The maximum absolute atomic E-state index is 13.6. The number of piperidine rings is 1. The molecule has 2 heterocycles. The van der Waals surface area contributed by atoms with Crippen LogP contribution in [0.1, 0.15) is 70.3 Å². The van der Waals surface area contributed by atoms with Crippen molar-refractivity contribution in [2.24, 2.45) is 5.92 Å². The Morgan fingerprint density at radius 1 is 1.15 bits per heavy atom. The zero-order valence-electron chi connectivity index (χ0n) is 19.6. The first-order valence-corrected chi connectivity index (χ1v) is 13.7. The minimum Gasteiger partial charge on any atom is -0.478 e. The molecule has 8 nitrogen and oxygen atoms in total. The van der Waals surface area contributed by atoms with Crippen molar-refractivity contribution in [1.29, 1.82) is 0 Å². The summed E-state index contributed by atoms with van der Waals surface area (Å²) in [6.45, 7) is 4.13. The highest BCUT2D eigenvalue weighted by Gasteiger charge is 2.36. The lowest BCUT2D eigenvalue weighted by Crippen LogP contribution is -2.47. The third kappa shape index (κ3) is 5.19. The fourth-order valence-corrected chi connectivity index (χ4v) is 6.83. The predicted octanol–water partition coefficient (Wildman–Crippen LogP) is 3.34. The lowest BCUT2D eigenvalue weighted by atomic mass is 9.97. The quantitative estimate of drug-likeness (QED) is 0.633. The molecule has 4 rings (SSSR count). The molecule has 2 fully saturated rings. The van der Waals surface area contributed by atoms with Crippen molar-refractivity contribution in [3.05, 3.63) is 17.7 Å². The number of hydrogen-bond donors (Lipinski definition) is 2. The molecule has 9 heteroatoms. The van der Waals surface area contributed by atoms with Gasteiger partial charge >= 0.3 is 0 Å². The predicted molar refractivity (Wildman–Crippen MR) is 126 cm³/mol. The normalized spacial score (nSPS) is 24.8. The number of aryl methyl sites for hydroxylation is 1. The van der Waals surface area contributed by atoms with Crippen LogP contribution in [0.15, 0.2) is 17.0 Å². The SMILES string of the molecule is CC[C@@H]1Oc2cc(S(=O)(=O)N3CCC[C@@H](C(=O)NC4CCCCCC4)C3)c(C)cc2NC1=O. The van der Waals surface area contributed by atoms with Crippen LogP contribution in [-0.2, 0) is 19.6 Å². The highest BCUT2D eigenvalue weighted by molar-refractivity contribution is 7.89. The Morgan fingerprint density at radius 2 is 1.88 bits per heavy atom. The van der Waals surface area contributed by atoms with Crippen molar-refractivity contribution >= 4 is 27.5 Å². The molecular weight excluding hydrogens is 442 g/mol. The van der Waals surface area contributed by atoms with Gasteiger partial charge in [0.2, 0.25) is 15.9 Å². The maximum Gasteiger partial charge on any atom is 0.265 e. The van der Waals surface area contributed by atoms with Gasteiger partial charge in [0.05, 0.1) is 16.5 Å². The molecule has 182 valence electrons. The number of carbonyl (C=O) groups excluding carboxylic acids is 2. The summed E-state index contributed by atoms with van der Waals surface area (Å²) < 4.78 is 34.3. The van der Waals surface area contributed by atoms with Crippen LogP contribution in [0.5, 0.6) is 5.75 Å². The van der Waals surface area contributed by atoms with Gasteiger partial charge in [-0.15, -0.1) is 0 Å². The molecule has 2 aliphatic heterocycles. The van der Waals surface area contributed by atoms with Crippen molar-refractivity contribution in [2.75, 3.05) is 18.4 Å². The van der Waals surface area contributed by atoms with Gasteiger partial charge in [-0.2, -0.15) is 4.31 Å². The molecule has 0 bridgehead atoms. The highest BCUT2D eigenvalue weighted by Crippen LogP contribution is 2.36. The van der Waals surface area contributed by atoms with E-state index >= 15 is 0 Å². The van der Waals surface area contributed by atoms with Crippen LogP contribution in [0.25, 0.3) is 0 Å². The van der Waals surface area contributed by atoms with Gasteiger partial charge in [0.1, 0.15) is 5.75 Å². The molecule has 1 saturated carbocycles. The summed E-state index contributed by atoms with van der Waals surface area (Å²) in [5.74, 6) is -0.223. The second-order valence-electron chi connectivity index (χ2n) is 9.52. The van der Waals surface area contributed by atoms with Crippen LogP contribution < -0.4 is 15.4 Å². The average molecular weight is 478 g/mol. The van der Waals surface area contributed by atoms with Gasteiger partial charge in [-0.3, -0.25) is 9.59 Å². The number of rotatable bonds is 5. The molecule has 1 aromatic rings. The van der Waals surface area contributed by atoms with Crippen molar-refractivity contribution in [1.82, 2.24) is 9.62 Å². The first kappa shape index (κ1) is 24.0. The molecule has 0 spiro atoms. The van der Waals surface area contributed by atoms with E-state index in [9.17, 15) is 18.0 Å². The van der Waals surface area contributed by atoms with E-state index in [0.717, 1.165) is 25.7 Å². The first-order valence-electron chi connectivity index (χ1n) is 12.2. The number of hydrogen-bond acceptors (Lipinski definition) is 5. The molecule has 0 unspecified atom stereocenters. The topological polar surface area (TPSA) is 105 Å². The van der Waals surface area contributed by atoms with Gasteiger partial charge in [0.15, 0.2) is 6.10 Å². The Labute approximate surface area is 196 Å². The molecule has 3 aliphatic rings. The van der Waals surface area contributed by atoms with Crippen LogP contribution in [0, 0.1) is 12.8 Å². The number of benzene rings is 1. The number of fused-ring (bicyclic) bond motifs is 1. The molecule has 0 radical (unpaired) electrons. The summed E-state index contributed by atoms with van der Waals surface area (Å²) in [7, 11) is -3.81. The number of amides is 2. The van der Waals surface area contributed by atoms with Gasteiger partial charge in [-0.05, 0) is 50.7 Å². The summed E-state index contributed by atoms with van der Waals surface area (Å²) in [5.41, 5.74) is 1.03. The summed E-state index contributed by atoms with van der Waals surface area (Å²) in [4.78, 5) is 25.2. The van der Waals surface area contributed by atoms with E-state index in [1.807, 2.05) is 6.92 Å².